The Hall–Kier alpha value is -7.94. The van der Waals surface area contributed by atoms with Crippen molar-refractivity contribution in [3.05, 3.63) is 306 Å². The minimum absolute atomic E-state index is 0.0965. The molecular weight excluding hydrogens is 773 g/mol. The molecule has 0 fully saturated rings. The molecule has 308 valence electrons. The minimum atomic E-state index is 0.0965. The molecule has 2 nitrogen and oxygen atoms in total. The Kier molecular flexibility index (Phi) is 11.9. The van der Waals surface area contributed by atoms with Crippen molar-refractivity contribution < 1.29 is 0 Å². The average Bonchev–Trinajstić information content (AvgIpc) is 3.38. The molecule has 0 saturated carbocycles. The third-order valence-corrected chi connectivity index (χ3v) is 12.4. The Bertz CT molecular complexity index is 2830. The van der Waals surface area contributed by atoms with Crippen molar-refractivity contribution in [3.8, 4) is 11.1 Å². The van der Waals surface area contributed by atoms with Crippen molar-refractivity contribution in [2.24, 2.45) is 0 Å². The van der Waals surface area contributed by atoms with Crippen LogP contribution in [0.3, 0.4) is 0 Å². The second-order valence-electron chi connectivity index (χ2n) is 16.4. The van der Waals surface area contributed by atoms with E-state index in [0.29, 0.717) is 0 Å². The topological polar surface area (TPSA) is 6.48 Å². The first-order valence-electron chi connectivity index (χ1n) is 22.3. The summed E-state index contributed by atoms with van der Waals surface area (Å²) in [5, 5.41) is 0. The summed E-state index contributed by atoms with van der Waals surface area (Å²) in [4.78, 5) is 4.81. The molecule has 9 aromatic rings. The Morgan fingerprint density at radius 3 is 1.11 bits per heavy atom. The van der Waals surface area contributed by atoms with E-state index in [1.807, 2.05) is 0 Å². The van der Waals surface area contributed by atoms with Crippen LogP contribution in [-0.4, -0.2) is 6.04 Å². The van der Waals surface area contributed by atoms with Crippen LogP contribution in [0.25, 0.3) is 11.1 Å². The summed E-state index contributed by atoms with van der Waals surface area (Å²) in [6.07, 6.45) is 8.13. The van der Waals surface area contributed by atoms with Gasteiger partial charge in [0.1, 0.15) is 0 Å². The third-order valence-electron chi connectivity index (χ3n) is 12.4. The third kappa shape index (κ3) is 8.73. The fourth-order valence-corrected chi connectivity index (χ4v) is 9.34. The van der Waals surface area contributed by atoms with Crippen molar-refractivity contribution in [3.63, 3.8) is 0 Å². The van der Waals surface area contributed by atoms with E-state index in [4.69, 9.17) is 0 Å². The zero-order chi connectivity index (χ0) is 42.9. The first-order valence-corrected chi connectivity index (χ1v) is 22.3. The SMILES string of the molecule is C1=CC(N(c2ccc(-c3ccccc3)cc2)c2ccc(N(c3ccccc3)c3ccccc3)cc2)CC=C1C(c1ccccc1)c1ccc(C(c2ccccc2)c2ccccc2)cc1. The quantitative estimate of drug-likeness (QED) is 0.107. The van der Waals surface area contributed by atoms with Gasteiger partial charge in [0.15, 0.2) is 0 Å². The molecule has 0 amide bonds. The normalized spacial score (nSPS) is 13.8. The van der Waals surface area contributed by atoms with Gasteiger partial charge in [-0.15, -0.1) is 0 Å². The Balaban J connectivity index is 0.985. The lowest BCUT2D eigenvalue weighted by Crippen LogP contribution is -2.30. The predicted molar refractivity (Wildman–Crippen MR) is 269 cm³/mol. The number of hydrogen-bond donors (Lipinski definition) is 0. The highest BCUT2D eigenvalue weighted by molar-refractivity contribution is 5.79. The lowest BCUT2D eigenvalue weighted by atomic mass is 9.80. The monoisotopic (exact) mass is 822 g/mol. The maximum atomic E-state index is 2.50. The molecule has 0 N–H and O–H groups in total. The van der Waals surface area contributed by atoms with Crippen molar-refractivity contribution in [1.29, 1.82) is 0 Å². The lowest BCUT2D eigenvalue weighted by Gasteiger charge is -2.35. The molecule has 1 aliphatic carbocycles. The Labute approximate surface area is 378 Å². The van der Waals surface area contributed by atoms with Gasteiger partial charge in [0.05, 0.1) is 6.04 Å². The van der Waals surface area contributed by atoms with Gasteiger partial charge in [-0.1, -0.05) is 212 Å². The van der Waals surface area contributed by atoms with E-state index in [0.717, 1.165) is 34.9 Å². The second kappa shape index (κ2) is 19.0. The maximum absolute atomic E-state index is 2.50. The van der Waals surface area contributed by atoms with Gasteiger partial charge in [0.2, 0.25) is 0 Å². The van der Waals surface area contributed by atoms with Crippen LogP contribution in [0.4, 0.5) is 28.4 Å². The van der Waals surface area contributed by atoms with Crippen molar-refractivity contribution in [2.45, 2.75) is 24.3 Å². The van der Waals surface area contributed by atoms with Gasteiger partial charge in [-0.2, -0.15) is 0 Å². The Morgan fingerprint density at radius 2 is 0.656 bits per heavy atom. The van der Waals surface area contributed by atoms with Crippen LogP contribution in [0, 0.1) is 0 Å². The molecule has 10 rings (SSSR count). The number of nitrogens with zero attached hydrogens (tertiary/aromatic N) is 2. The molecule has 64 heavy (non-hydrogen) atoms. The van der Waals surface area contributed by atoms with Crippen LogP contribution in [0.2, 0.25) is 0 Å². The first-order chi connectivity index (χ1) is 31.8. The number of para-hydroxylation sites is 2. The summed E-state index contributed by atoms with van der Waals surface area (Å²) in [5.74, 6) is 0.252. The van der Waals surface area contributed by atoms with Crippen LogP contribution >= 0.6 is 0 Å². The lowest BCUT2D eigenvalue weighted by molar-refractivity contribution is 0.768. The maximum Gasteiger partial charge on any atom is 0.0560 e. The average molecular weight is 823 g/mol. The molecule has 1 aliphatic rings. The molecule has 2 unspecified atom stereocenters. The molecule has 0 radical (unpaired) electrons. The molecular formula is C62H50N2. The van der Waals surface area contributed by atoms with Gasteiger partial charge < -0.3 is 9.80 Å². The smallest absolute Gasteiger partial charge is 0.0560 e. The van der Waals surface area contributed by atoms with E-state index in [9.17, 15) is 0 Å². The van der Waals surface area contributed by atoms with Crippen LogP contribution in [0.1, 0.15) is 46.1 Å². The number of rotatable bonds is 13. The minimum Gasteiger partial charge on any atom is -0.334 e. The van der Waals surface area contributed by atoms with E-state index < -0.39 is 0 Å². The van der Waals surface area contributed by atoms with E-state index >= 15 is 0 Å². The van der Waals surface area contributed by atoms with Crippen LogP contribution in [0.5, 0.6) is 0 Å². The van der Waals surface area contributed by atoms with Gasteiger partial charge >= 0.3 is 0 Å². The largest absolute Gasteiger partial charge is 0.334 e. The summed E-state index contributed by atoms with van der Waals surface area (Å²) in [6.45, 7) is 0. The first kappa shape index (κ1) is 40.2. The molecule has 2 heteroatoms. The summed E-state index contributed by atoms with van der Waals surface area (Å²) in [7, 11) is 0. The van der Waals surface area contributed by atoms with E-state index in [1.54, 1.807) is 0 Å². The fourth-order valence-electron chi connectivity index (χ4n) is 9.34. The van der Waals surface area contributed by atoms with Crippen LogP contribution in [0.15, 0.2) is 279 Å². The van der Waals surface area contributed by atoms with Gasteiger partial charge in [-0.05, 0) is 112 Å². The highest BCUT2D eigenvalue weighted by Gasteiger charge is 2.26. The van der Waals surface area contributed by atoms with Crippen molar-refractivity contribution >= 4 is 28.4 Å². The summed E-state index contributed by atoms with van der Waals surface area (Å²) < 4.78 is 0. The van der Waals surface area contributed by atoms with Crippen LogP contribution in [-0.2, 0) is 0 Å². The number of anilines is 5. The second-order valence-corrected chi connectivity index (χ2v) is 16.4. The summed E-state index contributed by atoms with van der Waals surface area (Å²) in [5.41, 5.74) is 15.8. The van der Waals surface area contributed by atoms with Gasteiger partial charge in [0, 0.05) is 40.3 Å². The molecule has 2 atom stereocenters. The van der Waals surface area contributed by atoms with Gasteiger partial charge in [0.25, 0.3) is 0 Å². The number of hydrogen-bond acceptors (Lipinski definition) is 2. The highest BCUT2D eigenvalue weighted by atomic mass is 15.2. The molecule has 0 aromatic heterocycles. The summed E-state index contributed by atoms with van der Waals surface area (Å²) in [6, 6.07) is 92.1. The highest BCUT2D eigenvalue weighted by Crippen LogP contribution is 2.41. The van der Waals surface area contributed by atoms with Gasteiger partial charge in [-0.3, -0.25) is 0 Å². The van der Waals surface area contributed by atoms with Crippen LogP contribution < -0.4 is 9.80 Å². The Morgan fingerprint density at radius 1 is 0.312 bits per heavy atom. The zero-order valence-electron chi connectivity index (χ0n) is 35.8. The van der Waals surface area contributed by atoms with Crippen molar-refractivity contribution in [1.82, 2.24) is 0 Å². The van der Waals surface area contributed by atoms with Crippen molar-refractivity contribution in [2.75, 3.05) is 9.80 Å². The molecule has 0 aliphatic heterocycles. The fraction of sp³-hybridized carbons (Fsp3) is 0.0645. The predicted octanol–water partition coefficient (Wildman–Crippen LogP) is 16.2. The van der Waals surface area contributed by atoms with E-state index in [-0.39, 0.29) is 17.9 Å². The molecule has 0 saturated heterocycles. The number of benzene rings is 9. The number of allylic oxidation sites excluding steroid dienone is 2. The standard InChI is InChI=1S/C62H50N2/c1-7-19-47(20-8-1)48-35-39-57(40-36-48)64(60-45-43-59(44-46-60)63(55-27-15-5-16-28-55)56-29-17-6-18-30-56)58-41-37-54(38-42-58)62(51-25-13-4-14-26-51)53-33-31-52(32-34-53)61(49-21-9-2-10-22-49)50-23-11-3-12-24-50/h1-41,43-46,58,61-62H,42H2. The van der Waals surface area contributed by atoms with E-state index in [1.165, 1.54) is 44.5 Å². The van der Waals surface area contributed by atoms with Gasteiger partial charge in [-0.25, -0.2) is 0 Å². The molecule has 0 bridgehead atoms. The molecule has 0 spiro atoms. The molecule has 9 aromatic carbocycles. The summed E-state index contributed by atoms with van der Waals surface area (Å²) >= 11 is 0. The zero-order valence-corrected chi connectivity index (χ0v) is 35.8. The van der Waals surface area contributed by atoms with E-state index in [2.05, 4.69) is 283 Å². The molecule has 0 heterocycles.